The first kappa shape index (κ1) is 22.3. The number of carbonyl (C=O) groups excluding carboxylic acids is 1. The van der Waals surface area contributed by atoms with Crippen molar-refractivity contribution in [1.82, 2.24) is 4.57 Å². The molecule has 0 spiro atoms. The van der Waals surface area contributed by atoms with E-state index in [9.17, 15) is 4.79 Å². The van der Waals surface area contributed by atoms with Crippen molar-refractivity contribution in [2.75, 3.05) is 27.1 Å². The zero-order valence-corrected chi connectivity index (χ0v) is 19.2. The van der Waals surface area contributed by atoms with Gasteiger partial charge >= 0.3 is 0 Å². The van der Waals surface area contributed by atoms with Crippen LogP contribution in [0.25, 0.3) is 16.8 Å². The summed E-state index contributed by atoms with van der Waals surface area (Å²) in [6.07, 6.45) is 3.65. The molecular weight excluding hydrogens is 440 g/mol. The van der Waals surface area contributed by atoms with Crippen molar-refractivity contribution >= 4 is 23.1 Å². The van der Waals surface area contributed by atoms with Gasteiger partial charge in [-0.15, -0.1) is 0 Å². The number of rotatable bonds is 7. The lowest BCUT2D eigenvalue weighted by Gasteiger charge is -2.14. The van der Waals surface area contributed by atoms with Crippen LogP contribution in [0.4, 0.5) is 5.69 Å². The van der Waals surface area contributed by atoms with Gasteiger partial charge in [-0.1, -0.05) is 35.9 Å². The first-order valence-electron chi connectivity index (χ1n) is 10.1. The molecule has 0 aliphatic rings. The monoisotopic (exact) mass is 462 g/mol. The molecule has 0 atom stereocenters. The third-order valence-electron chi connectivity index (χ3n) is 5.33. The molecule has 0 unspecified atom stereocenters. The molecule has 1 heterocycles. The Kier molecular flexibility index (Phi) is 6.29. The molecule has 3 aromatic carbocycles. The van der Waals surface area contributed by atoms with Crippen LogP contribution in [-0.4, -0.2) is 31.7 Å². The molecule has 0 aliphatic heterocycles. The lowest BCUT2D eigenvalue weighted by molar-refractivity contribution is 0.103. The topological polar surface area (TPSA) is 75.7 Å². The van der Waals surface area contributed by atoms with E-state index in [0.29, 0.717) is 44.6 Å². The fourth-order valence-electron chi connectivity index (χ4n) is 3.73. The molecule has 4 aromatic rings. The zero-order chi connectivity index (χ0) is 23.5. The molecule has 6 nitrogen and oxygen atoms in total. The van der Waals surface area contributed by atoms with Crippen molar-refractivity contribution in [3.63, 3.8) is 0 Å². The first-order valence-corrected chi connectivity index (χ1v) is 10.5. The predicted octanol–water partition coefficient (Wildman–Crippen LogP) is 5.64. The lowest BCUT2D eigenvalue weighted by Crippen LogP contribution is -2.05. The summed E-state index contributed by atoms with van der Waals surface area (Å²) < 4.78 is 18.1. The van der Waals surface area contributed by atoms with E-state index < -0.39 is 0 Å². The minimum Gasteiger partial charge on any atom is -0.493 e. The highest BCUT2D eigenvalue weighted by Gasteiger charge is 2.23. The summed E-state index contributed by atoms with van der Waals surface area (Å²) in [5.41, 5.74) is 9.73. The standard InChI is InChI=1S/C26H23ClN2O4/c1-31-23-11-16(12-24(32-2)26(23)33-3)25(30)21-15-29(18-8-6-7-17(28)13-18)14-20(21)19-9-4-5-10-22(19)27/h4-15H,28H2,1-3H3. The van der Waals surface area contributed by atoms with Crippen molar-refractivity contribution in [1.29, 1.82) is 0 Å². The Morgan fingerprint density at radius 2 is 1.55 bits per heavy atom. The van der Waals surface area contributed by atoms with Crippen molar-refractivity contribution in [3.05, 3.63) is 89.2 Å². The Morgan fingerprint density at radius 1 is 0.848 bits per heavy atom. The lowest BCUT2D eigenvalue weighted by atomic mass is 9.97. The zero-order valence-electron chi connectivity index (χ0n) is 18.5. The van der Waals surface area contributed by atoms with Gasteiger partial charge in [0.2, 0.25) is 5.75 Å². The van der Waals surface area contributed by atoms with Crippen LogP contribution in [0.5, 0.6) is 17.2 Å². The van der Waals surface area contributed by atoms with Gasteiger partial charge in [0.15, 0.2) is 17.3 Å². The maximum absolute atomic E-state index is 13.8. The number of nitrogens with two attached hydrogens (primary N) is 1. The van der Waals surface area contributed by atoms with E-state index >= 15 is 0 Å². The number of anilines is 1. The molecule has 168 valence electrons. The minimum atomic E-state index is -0.216. The summed E-state index contributed by atoms with van der Waals surface area (Å²) in [6.45, 7) is 0. The number of nitrogens with zero attached hydrogens (tertiary/aromatic N) is 1. The van der Waals surface area contributed by atoms with E-state index in [2.05, 4.69) is 0 Å². The van der Waals surface area contributed by atoms with Crippen molar-refractivity contribution in [2.24, 2.45) is 0 Å². The molecule has 0 bridgehead atoms. The Bertz CT molecular complexity index is 1300. The molecular formula is C26H23ClN2O4. The minimum absolute atomic E-state index is 0.216. The number of hydrogen-bond donors (Lipinski definition) is 1. The van der Waals surface area contributed by atoms with E-state index in [1.54, 1.807) is 24.4 Å². The van der Waals surface area contributed by atoms with Crippen LogP contribution < -0.4 is 19.9 Å². The maximum Gasteiger partial charge on any atom is 0.203 e. The highest BCUT2D eigenvalue weighted by Crippen LogP contribution is 2.40. The average molecular weight is 463 g/mol. The number of benzene rings is 3. The SMILES string of the molecule is COc1cc(C(=O)c2cn(-c3cccc(N)c3)cc2-c2ccccc2Cl)cc(OC)c1OC. The van der Waals surface area contributed by atoms with E-state index in [0.717, 1.165) is 11.3 Å². The number of aromatic nitrogens is 1. The molecule has 4 rings (SSSR count). The molecule has 0 saturated heterocycles. The number of nitrogen functional groups attached to an aromatic ring is 1. The van der Waals surface area contributed by atoms with Crippen LogP contribution >= 0.6 is 11.6 Å². The Balaban J connectivity index is 1.91. The molecule has 0 fully saturated rings. The van der Waals surface area contributed by atoms with Crippen molar-refractivity contribution in [2.45, 2.75) is 0 Å². The van der Waals surface area contributed by atoms with Crippen LogP contribution in [-0.2, 0) is 0 Å². The average Bonchev–Trinajstić information content (AvgIpc) is 3.28. The summed E-state index contributed by atoms with van der Waals surface area (Å²) in [5, 5.41) is 0.543. The second-order valence-corrected chi connectivity index (χ2v) is 7.72. The van der Waals surface area contributed by atoms with Crippen LogP contribution in [0.15, 0.2) is 73.1 Å². The number of hydrogen-bond acceptors (Lipinski definition) is 5. The highest BCUT2D eigenvalue weighted by molar-refractivity contribution is 6.33. The summed E-state index contributed by atoms with van der Waals surface area (Å²) in [7, 11) is 4.54. The predicted molar refractivity (Wildman–Crippen MR) is 130 cm³/mol. The maximum atomic E-state index is 13.8. The third-order valence-corrected chi connectivity index (χ3v) is 5.66. The van der Waals surface area contributed by atoms with Gasteiger partial charge in [0.25, 0.3) is 0 Å². The fourth-order valence-corrected chi connectivity index (χ4v) is 3.97. The summed E-state index contributed by atoms with van der Waals surface area (Å²) in [6, 6.07) is 18.1. The molecule has 0 saturated carbocycles. The fraction of sp³-hybridized carbons (Fsp3) is 0.115. The molecule has 33 heavy (non-hydrogen) atoms. The molecule has 0 radical (unpaired) electrons. The van der Waals surface area contributed by atoms with Gasteiger partial charge in [-0.2, -0.15) is 0 Å². The normalized spacial score (nSPS) is 10.7. The first-order chi connectivity index (χ1) is 16.0. The number of carbonyl (C=O) groups is 1. The van der Waals surface area contributed by atoms with Crippen LogP contribution in [0, 0.1) is 0 Å². The van der Waals surface area contributed by atoms with Crippen molar-refractivity contribution < 1.29 is 19.0 Å². The molecule has 0 aliphatic carbocycles. The van der Waals surface area contributed by atoms with Gasteiger partial charge in [-0.05, 0) is 36.4 Å². The van der Waals surface area contributed by atoms with Gasteiger partial charge in [-0.3, -0.25) is 4.79 Å². The molecule has 1 aromatic heterocycles. The Labute approximate surface area is 197 Å². The number of ketones is 1. The number of ether oxygens (including phenoxy) is 3. The smallest absolute Gasteiger partial charge is 0.203 e. The summed E-state index contributed by atoms with van der Waals surface area (Å²) in [4.78, 5) is 13.8. The second kappa shape index (κ2) is 9.30. The highest BCUT2D eigenvalue weighted by atomic mass is 35.5. The van der Waals surface area contributed by atoms with E-state index in [1.807, 2.05) is 53.2 Å². The van der Waals surface area contributed by atoms with Crippen LogP contribution in [0.1, 0.15) is 15.9 Å². The van der Waals surface area contributed by atoms with E-state index in [1.165, 1.54) is 21.3 Å². The quantitative estimate of drug-likeness (QED) is 0.284. The number of methoxy groups -OCH3 is 3. The van der Waals surface area contributed by atoms with E-state index in [-0.39, 0.29) is 5.78 Å². The molecule has 2 N–H and O–H groups in total. The molecule has 7 heteroatoms. The van der Waals surface area contributed by atoms with Gasteiger partial charge in [0.05, 0.1) is 21.3 Å². The van der Waals surface area contributed by atoms with Gasteiger partial charge in [0.1, 0.15) is 0 Å². The van der Waals surface area contributed by atoms with Gasteiger partial charge in [-0.25, -0.2) is 0 Å². The largest absolute Gasteiger partial charge is 0.493 e. The van der Waals surface area contributed by atoms with E-state index in [4.69, 9.17) is 31.5 Å². The number of halogens is 1. The van der Waals surface area contributed by atoms with Crippen LogP contribution in [0.2, 0.25) is 5.02 Å². The van der Waals surface area contributed by atoms with Crippen molar-refractivity contribution in [3.8, 4) is 34.1 Å². The summed E-state index contributed by atoms with van der Waals surface area (Å²) in [5.74, 6) is 0.997. The third kappa shape index (κ3) is 4.25. The summed E-state index contributed by atoms with van der Waals surface area (Å²) >= 11 is 6.50. The Morgan fingerprint density at radius 3 is 2.15 bits per heavy atom. The Hall–Kier alpha value is -3.90. The molecule has 0 amide bonds. The van der Waals surface area contributed by atoms with Crippen LogP contribution in [0.3, 0.4) is 0 Å². The van der Waals surface area contributed by atoms with Gasteiger partial charge < -0.3 is 24.5 Å². The van der Waals surface area contributed by atoms with Gasteiger partial charge in [0, 0.05) is 51.0 Å². The second-order valence-electron chi connectivity index (χ2n) is 7.31.